The molecule has 25 heavy (non-hydrogen) atoms. The molecule has 0 bridgehead atoms. The number of amides is 1. The van der Waals surface area contributed by atoms with Crippen molar-refractivity contribution in [3.63, 3.8) is 0 Å². The van der Waals surface area contributed by atoms with Crippen LogP contribution in [0.25, 0.3) is 0 Å². The summed E-state index contributed by atoms with van der Waals surface area (Å²) in [5.41, 5.74) is 0.518. The molecular weight excluding hydrogens is 318 g/mol. The summed E-state index contributed by atoms with van der Waals surface area (Å²) in [7, 11) is 0. The highest BCUT2D eigenvalue weighted by Gasteiger charge is 2.14. The summed E-state index contributed by atoms with van der Waals surface area (Å²) in [5, 5.41) is 12.1. The Hall–Kier alpha value is -2.04. The van der Waals surface area contributed by atoms with Gasteiger partial charge in [-0.05, 0) is 30.5 Å². The number of carbonyl (C=O) groups is 2. The van der Waals surface area contributed by atoms with Gasteiger partial charge in [0.15, 0.2) is 0 Å². The van der Waals surface area contributed by atoms with E-state index in [1.165, 1.54) is 50.8 Å². The first-order valence-corrected chi connectivity index (χ1v) is 9.18. The third kappa shape index (κ3) is 9.13. The Morgan fingerprint density at radius 3 is 2.36 bits per heavy atom. The molecule has 140 valence electrons. The molecule has 0 unspecified atom stereocenters. The highest BCUT2D eigenvalue weighted by molar-refractivity contribution is 6.01. The predicted octanol–water partition coefficient (Wildman–Crippen LogP) is 4.89. The minimum atomic E-state index is -0.531. The minimum absolute atomic E-state index is 0.0394. The zero-order valence-corrected chi connectivity index (χ0v) is 15.6. The van der Waals surface area contributed by atoms with Crippen LogP contribution in [0, 0.1) is 5.92 Å². The lowest BCUT2D eigenvalue weighted by Gasteiger charge is -2.10. The molecular formula is C20H31NO4. The highest BCUT2D eigenvalue weighted by atomic mass is 16.5. The second-order valence-electron chi connectivity index (χ2n) is 6.85. The quantitative estimate of drug-likeness (QED) is 0.339. The summed E-state index contributed by atoms with van der Waals surface area (Å²) in [4.78, 5) is 23.3. The van der Waals surface area contributed by atoms with Crippen LogP contribution < -0.4 is 5.32 Å². The number of rotatable bonds is 11. The second-order valence-corrected chi connectivity index (χ2v) is 6.85. The van der Waals surface area contributed by atoms with Crippen molar-refractivity contribution in [2.24, 2.45) is 5.92 Å². The van der Waals surface area contributed by atoms with Gasteiger partial charge in [0, 0.05) is 6.92 Å². The van der Waals surface area contributed by atoms with Crippen LogP contribution in [-0.4, -0.2) is 23.6 Å². The number of hydrogen-bond acceptors (Lipinski definition) is 4. The van der Waals surface area contributed by atoms with Crippen LogP contribution in [-0.2, 0) is 9.53 Å². The van der Waals surface area contributed by atoms with E-state index < -0.39 is 5.97 Å². The number of nitrogens with one attached hydrogen (secondary N) is 1. The molecule has 1 amide bonds. The second kappa shape index (κ2) is 11.5. The molecule has 0 atom stereocenters. The van der Waals surface area contributed by atoms with E-state index in [2.05, 4.69) is 19.2 Å². The molecule has 0 aromatic heterocycles. The summed E-state index contributed by atoms with van der Waals surface area (Å²) in [5.74, 6) is -0.0736. The molecule has 0 saturated heterocycles. The van der Waals surface area contributed by atoms with Crippen LogP contribution in [0.1, 0.15) is 76.1 Å². The van der Waals surface area contributed by atoms with Crippen molar-refractivity contribution in [2.75, 3.05) is 11.9 Å². The fourth-order valence-corrected chi connectivity index (χ4v) is 2.60. The first kappa shape index (κ1) is 21.0. The Kier molecular flexibility index (Phi) is 9.66. The largest absolute Gasteiger partial charge is 0.508 e. The lowest BCUT2D eigenvalue weighted by molar-refractivity contribution is -0.114. The molecule has 5 heteroatoms. The third-order valence-electron chi connectivity index (χ3n) is 3.94. The van der Waals surface area contributed by atoms with Crippen molar-refractivity contribution >= 4 is 17.6 Å². The molecule has 1 aromatic rings. The molecule has 0 aliphatic rings. The van der Waals surface area contributed by atoms with Gasteiger partial charge in [-0.25, -0.2) is 4.79 Å². The van der Waals surface area contributed by atoms with E-state index in [1.807, 2.05) is 0 Å². The maximum absolute atomic E-state index is 12.2. The molecule has 0 aliphatic carbocycles. The summed E-state index contributed by atoms with van der Waals surface area (Å²) >= 11 is 0. The van der Waals surface area contributed by atoms with Crippen LogP contribution in [0.4, 0.5) is 5.69 Å². The van der Waals surface area contributed by atoms with E-state index in [4.69, 9.17) is 4.74 Å². The van der Waals surface area contributed by atoms with Crippen LogP contribution in [0.15, 0.2) is 18.2 Å². The summed E-state index contributed by atoms with van der Waals surface area (Å²) in [6, 6.07) is 4.22. The fraction of sp³-hybridized carbons (Fsp3) is 0.600. The topological polar surface area (TPSA) is 75.6 Å². The zero-order valence-electron chi connectivity index (χ0n) is 15.6. The van der Waals surface area contributed by atoms with Gasteiger partial charge in [0.25, 0.3) is 0 Å². The van der Waals surface area contributed by atoms with Gasteiger partial charge in [0.05, 0.1) is 17.9 Å². The average molecular weight is 349 g/mol. The Morgan fingerprint density at radius 1 is 1.08 bits per heavy atom. The number of phenols is 1. The highest BCUT2D eigenvalue weighted by Crippen LogP contribution is 2.22. The number of unbranched alkanes of at least 4 members (excludes halogenated alkanes) is 5. The number of esters is 1. The monoisotopic (exact) mass is 349 g/mol. The number of anilines is 1. The molecule has 0 aliphatic heterocycles. The average Bonchev–Trinajstić information content (AvgIpc) is 2.54. The van der Waals surface area contributed by atoms with Gasteiger partial charge in [-0.1, -0.05) is 52.4 Å². The van der Waals surface area contributed by atoms with Crippen molar-refractivity contribution in [1.82, 2.24) is 0 Å². The maximum atomic E-state index is 12.2. The van der Waals surface area contributed by atoms with Gasteiger partial charge in [0.1, 0.15) is 5.75 Å². The molecule has 0 radical (unpaired) electrons. The van der Waals surface area contributed by atoms with Gasteiger partial charge >= 0.3 is 5.97 Å². The van der Waals surface area contributed by atoms with E-state index in [0.29, 0.717) is 12.3 Å². The van der Waals surface area contributed by atoms with Crippen molar-refractivity contribution in [3.8, 4) is 5.75 Å². The van der Waals surface area contributed by atoms with Gasteiger partial charge < -0.3 is 15.2 Å². The molecule has 2 N–H and O–H groups in total. The number of hydrogen-bond donors (Lipinski definition) is 2. The first-order chi connectivity index (χ1) is 11.9. The number of carbonyl (C=O) groups excluding carboxylic acids is 2. The summed E-state index contributed by atoms with van der Waals surface area (Å²) < 4.78 is 5.26. The van der Waals surface area contributed by atoms with E-state index >= 15 is 0 Å². The van der Waals surface area contributed by atoms with E-state index in [0.717, 1.165) is 25.2 Å². The van der Waals surface area contributed by atoms with Crippen molar-refractivity contribution < 1.29 is 19.4 Å². The van der Waals surface area contributed by atoms with E-state index in [9.17, 15) is 14.7 Å². The van der Waals surface area contributed by atoms with Crippen LogP contribution in [0.2, 0.25) is 0 Å². The van der Waals surface area contributed by atoms with Crippen LogP contribution in [0.5, 0.6) is 5.75 Å². The fourth-order valence-electron chi connectivity index (χ4n) is 2.60. The summed E-state index contributed by atoms with van der Waals surface area (Å²) in [6.45, 7) is 6.21. The van der Waals surface area contributed by atoms with Gasteiger partial charge in [0.2, 0.25) is 5.91 Å². The molecule has 1 aromatic carbocycles. The van der Waals surface area contributed by atoms with Gasteiger partial charge in [-0.3, -0.25) is 4.79 Å². The zero-order chi connectivity index (χ0) is 18.7. The van der Waals surface area contributed by atoms with Gasteiger partial charge in [-0.2, -0.15) is 0 Å². The third-order valence-corrected chi connectivity index (χ3v) is 3.94. The minimum Gasteiger partial charge on any atom is -0.508 e. The SMILES string of the molecule is CC(=O)Nc1ccc(O)cc1C(=O)OCCCCCCCCC(C)C. The number of aromatic hydroxyl groups is 1. The van der Waals surface area contributed by atoms with Crippen LogP contribution >= 0.6 is 0 Å². The Balaban J connectivity index is 2.28. The smallest absolute Gasteiger partial charge is 0.340 e. The Bertz CT molecular complexity index is 555. The molecule has 0 spiro atoms. The number of ether oxygens (including phenoxy) is 1. The molecule has 0 saturated carbocycles. The molecule has 0 fully saturated rings. The Labute approximate surface area is 150 Å². The normalized spacial score (nSPS) is 10.7. The number of benzene rings is 1. The van der Waals surface area contributed by atoms with Gasteiger partial charge in [-0.15, -0.1) is 0 Å². The van der Waals surface area contributed by atoms with Crippen molar-refractivity contribution in [2.45, 2.75) is 65.7 Å². The number of phenolic OH excluding ortho intramolecular Hbond substituents is 1. The van der Waals surface area contributed by atoms with E-state index in [-0.39, 0.29) is 17.2 Å². The maximum Gasteiger partial charge on any atom is 0.340 e. The lowest BCUT2D eigenvalue weighted by atomic mass is 10.0. The standard InChI is InChI=1S/C20H31NO4/c1-15(2)10-8-6-4-5-7-9-13-25-20(24)18-14-17(23)11-12-19(18)21-16(3)22/h11-12,14-15,23H,4-10,13H2,1-3H3,(H,21,22). The van der Waals surface area contributed by atoms with Crippen molar-refractivity contribution in [1.29, 1.82) is 0 Å². The molecule has 0 heterocycles. The lowest BCUT2D eigenvalue weighted by Crippen LogP contribution is -2.13. The molecule has 1 rings (SSSR count). The molecule has 5 nitrogen and oxygen atoms in total. The Morgan fingerprint density at radius 2 is 1.72 bits per heavy atom. The predicted molar refractivity (Wildman–Crippen MR) is 99.9 cm³/mol. The van der Waals surface area contributed by atoms with E-state index in [1.54, 1.807) is 0 Å². The van der Waals surface area contributed by atoms with Crippen molar-refractivity contribution in [3.05, 3.63) is 23.8 Å². The summed E-state index contributed by atoms with van der Waals surface area (Å²) in [6.07, 6.45) is 8.08. The van der Waals surface area contributed by atoms with Crippen LogP contribution in [0.3, 0.4) is 0 Å². The first-order valence-electron chi connectivity index (χ1n) is 9.18.